The molecule has 2 aromatic carbocycles. The minimum atomic E-state index is -0.654. The van der Waals surface area contributed by atoms with E-state index in [0.29, 0.717) is 38.9 Å². The Kier molecular flexibility index (Phi) is 11.0. The van der Waals surface area contributed by atoms with Gasteiger partial charge < -0.3 is 29.9 Å². The van der Waals surface area contributed by atoms with Crippen LogP contribution in [0, 0.1) is 5.92 Å². The van der Waals surface area contributed by atoms with Crippen LogP contribution in [0.1, 0.15) is 63.5 Å². The number of rotatable bonds is 10. The van der Waals surface area contributed by atoms with Gasteiger partial charge in [-0.1, -0.05) is 62.4 Å². The van der Waals surface area contributed by atoms with Gasteiger partial charge >= 0.3 is 12.2 Å². The zero-order valence-electron chi connectivity index (χ0n) is 29.7. The Balaban J connectivity index is 1.01. The van der Waals surface area contributed by atoms with Crippen LogP contribution in [0.4, 0.5) is 9.59 Å². The molecule has 4 heterocycles. The highest BCUT2D eigenvalue weighted by molar-refractivity contribution is 6.04. The summed E-state index contributed by atoms with van der Waals surface area (Å²) in [6.45, 7) is 5.55. The summed E-state index contributed by atoms with van der Waals surface area (Å²) in [5.41, 5.74) is 8.51. The molecule has 0 aliphatic carbocycles. The fourth-order valence-electron chi connectivity index (χ4n) is 7.24. The molecule has 3 atom stereocenters. The second-order valence-corrected chi connectivity index (χ2v) is 13.8. The number of aliphatic imine (C=N–C) groups is 2. The molecule has 2 fully saturated rings. The van der Waals surface area contributed by atoms with E-state index in [1.54, 1.807) is 4.90 Å². The van der Waals surface area contributed by atoms with Crippen molar-refractivity contribution in [3.8, 4) is 11.1 Å². The molecule has 0 saturated carbocycles. The van der Waals surface area contributed by atoms with Crippen molar-refractivity contribution in [2.45, 2.75) is 70.5 Å². The number of nitrogens with one attached hydrogen (secondary N) is 2. The predicted octanol–water partition coefficient (Wildman–Crippen LogP) is 5.44. The summed E-state index contributed by atoms with van der Waals surface area (Å²) in [5, 5.41) is 5.34. The van der Waals surface area contributed by atoms with E-state index in [2.05, 4.69) is 68.9 Å². The third-order valence-electron chi connectivity index (χ3n) is 10.1. The van der Waals surface area contributed by atoms with E-state index in [0.717, 1.165) is 64.1 Å². The van der Waals surface area contributed by atoms with Crippen LogP contribution in [0.2, 0.25) is 0 Å². The number of carbonyl (C=O) groups excluding carboxylic acids is 4. The van der Waals surface area contributed by atoms with Gasteiger partial charge in [0.25, 0.3) is 0 Å². The van der Waals surface area contributed by atoms with Crippen LogP contribution in [-0.2, 0) is 19.1 Å². The number of carbonyl (C=O) groups is 4. The van der Waals surface area contributed by atoms with Crippen molar-refractivity contribution in [1.29, 1.82) is 0 Å². The fourth-order valence-corrected chi connectivity index (χ4v) is 7.24. The van der Waals surface area contributed by atoms with Crippen molar-refractivity contribution in [2.24, 2.45) is 15.9 Å². The Morgan fingerprint density at radius 3 is 2.02 bits per heavy atom. The maximum Gasteiger partial charge on any atom is 0.407 e. The number of hydrogen-bond donors (Lipinski definition) is 2. The van der Waals surface area contributed by atoms with Crippen LogP contribution >= 0.6 is 0 Å². The summed E-state index contributed by atoms with van der Waals surface area (Å²) in [4.78, 5) is 63.0. The van der Waals surface area contributed by atoms with Crippen molar-refractivity contribution < 1.29 is 28.7 Å². The lowest BCUT2D eigenvalue weighted by Crippen LogP contribution is -2.53. The molecule has 2 N–H and O–H groups in total. The normalized spacial score (nSPS) is 20.8. The molecule has 6 rings (SSSR count). The van der Waals surface area contributed by atoms with Gasteiger partial charge in [-0.25, -0.2) is 9.59 Å². The van der Waals surface area contributed by atoms with Crippen LogP contribution < -0.4 is 10.6 Å². The maximum absolute atomic E-state index is 13.5. The van der Waals surface area contributed by atoms with Crippen LogP contribution in [0.15, 0.2) is 70.9 Å². The Labute approximate surface area is 298 Å². The summed E-state index contributed by atoms with van der Waals surface area (Å²) < 4.78 is 9.42. The first-order valence-corrected chi connectivity index (χ1v) is 17.6. The van der Waals surface area contributed by atoms with Crippen molar-refractivity contribution in [1.82, 2.24) is 20.4 Å². The number of nitrogens with zero attached hydrogens (tertiary/aromatic N) is 4. The molecular weight excluding hydrogens is 648 g/mol. The van der Waals surface area contributed by atoms with Crippen molar-refractivity contribution in [3.63, 3.8) is 0 Å². The van der Waals surface area contributed by atoms with E-state index in [-0.39, 0.29) is 23.8 Å². The van der Waals surface area contributed by atoms with Gasteiger partial charge in [0, 0.05) is 49.8 Å². The third kappa shape index (κ3) is 8.05. The number of amides is 4. The zero-order chi connectivity index (χ0) is 36.1. The molecule has 12 heteroatoms. The highest BCUT2D eigenvalue weighted by atomic mass is 16.5. The molecule has 0 spiro atoms. The molecule has 0 unspecified atom stereocenters. The lowest BCUT2D eigenvalue weighted by Gasteiger charge is -2.32. The summed E-state index contributed by atoms with van der Waals surface area (Å²) in [6, 6.07) is 15.6. The minimum Gasteiger partial charge on any atom is -0.453 e. The molecule has 51 heavy (non-hydrogen) atoms. The maximum atomic E-state index is 13.5. The average Bonchev–Trinajstić information content (AvgIpc) is 3.94. The predicted molar refractivity (Wildman–Crippen MR) is 196 cm³/mol. The second-order valence-electron chi connectivity index (χ2n) is 13.8. The van der Waals surface area contributed by atoms with E-state index >= 15 is 0 Å². The molecular formula is C39H46N6O6. The van der Waals surface area contributed by atoms with Gasteiger partial charge in [0.15, 0.2) is 0 Å². The van der Waals surface area contributed by atoms with Gasteiger partial charge in [0.05, 0.1) is 26.8 Å². The van der Waals surface area contributed by atoms with Gasteiger partial charge in [0.1, 0.15) is 12.1 Å². The first-order chi connectivity index (χ1) is 24.6. The largest absolute Gasteiger partial charge is 0.453 e. The van der Waals surface area contributed by atoms with Gasteiger partial charge in [-0.3, -0.25) is 19.6 Å². The van der Waals surface area contributed by atoms with Gasteiger partial charge in [0.2, 0.25) is 11.8 Å². The molecule has 2 aromatic rings. The van der Waals surface area contributed by atoms with E-state index < -0.39 is 24.3 Å². The van der Waals surface area contributed by atoms with Gasteiger partial charge in [-0.2, -0.15) is 0 Å². The lowest BCUT2D eigenvalue weighted by molar-refractivity contribution is -0.135. The summed E-state index contributed by atoms with van der Waals surface area (Å²) in [7, 11) is 2.59. The Morgan fingerprint density at radius 1 is 0.804 bits per heavy atom. The molecule has 12 nitrogen and oxygen atoms in total. The van der Waals surface area contributed by atoms with Crippen LogP contribution in [0.5, 0.6) is 0 Å². The molecule has 0 bridgehead atoms. The van der Waals surface area contributed by atoms with Crippen molar-refractivity contribution >= 4 is 46.6 Å². The molecule has 2 saturated heterocycles. The average molecular weight is 695 g/mol. The monoisotopic (exact) mass is 694 g/mol. The van der Waals surface area contributed by atoms with Gasteiger partial charge in [-0.05, 0) is 65.0 Å². The number of allylic oxidation sites excluding steroid dienone is 2. The van der Waals surface area contributed by atoms with Crippen LogP contribution in [-0.4, -0.2) is 97.2 Å². The first kappa shape index (κ1) is 35.6. The number of methoxy groups -OCH3 is 2. The highest BCUT2D eigenvalue weighted by Gasteiger charge is 2.38. The topological polar surface area (TPSA) is 142 Å². The number of alkyl carbamates (subject to hydrolysis) is 2. The number of ether oxygens (including phenoxy) is 2. The number of piperidine rings is 1. The molecule has 0 radical (unpaired) electrons. The molecule has 4 amide bonds. The molecule has 268 valence electrons. The zero-order valence-corrected chi connectivity index (χ0v) is 29.7. The third-order valence-corrected chi connectivity index (χ3v) is 10.1. The first-order valence-electron chi connectivity index (χ1n) is 17.6. The minimum absolute atomic E-state index is 0.0788. The Bertz CT molecular complexity index is 1780. The van der Waals surface area contributed by atoms with Crippen molar-refractivity contribution in [2.75, 3.05) is 33.9 Å². The summed E-state index contributed by atoms with van der Waals surface area (Å²) >= 11 is 0. The molecule has 4 aliphatic heterocycles. The standard InChI is InChI=1S/C39H46N6O6/c1-24(2)35(43-39(49)51-4)37(47)45-18-6-8-34(45)33-20-30(22-41-33)28-15-11-26(12-16-28)25-9-13-27(14-10-25)29-19-31(40-21-29)23-44-17-5-7-32(36(44)46)42-38(48)50-3/h9-16,21-22,24,32,34-35H,5-8,17-20,23H2,1-4H3,(H,42,48)(H,43,49)/t32-,34+,35+/m1/s1. The van der Waals surface area contributed by atoms with Crippen LogP contribution in [0.25, 0.3) is 22.3 Å². The van der Waals surface area contributed by atoms with Crippen molar-refractivity contribution in [3.05, 3.63) is 72.1 Å². The number of likely N-dealkylation sites (tertiary alicyclic amines) is 2. The summed E-state index contributed by atoms with van der Waals surface area (Å²) in [6.07, 6.45) is 7.09. The smallest absolute Gasteiger partial charge is 0.407 e. The van der Waals surface area contributed by atoms with E-state index in [4.69, 9.17) is 9.73 Å². The Hall–Kier alpha value is -5.26. The fraction of sp³-hybridized carbons (Fsp3) is 0.436. The molecule has 4 aliphatic rings. The number of hydrogen-bond acceptors (Lipinski definition) is 8. The van der Waals surface area contributed by atoms with Gasteiger partial charge in [-0.15, -0.1) is 0 Å². The highest BCUT2D eigenvalue weighted by Crippen LogP contribution is 2.33. The summed E-state index contributed by atoms with van der Waals surface area (Å²) in [5.74, 6) is -0.279. The Morgan fingerprint density at radius 2 is 1.39 bits per heavy atom. The quantitative estimate of drug-likeness (QED) is 0.339. The second kappa shape index (κ2) is 15.7. The lowest BCUT2D eigenvalue weighted by atomic mass is 9.95. The number of benzene rings is 2. The molecule has 0 aromatic heterocycles. The SMILES string of the molecule is COC(=O)N[C@H](C(=O)N1CCC[C@H]1C1=NC=C(c2ccc(-c3ccc(C4=CN=C(CN5CCC[C@@H](NC(=O)OC)C5=O)C4)cc3)cc2)C1)C(C)C. The van der Waals surface area contributed by atoms with Crippen LogP contribution in [0.3, 0.4) is 0 Å². The van der Waals surface area contributed by atoms with E-state index in [9.17, 15) is 19.2 Å². The van der Waals surface area contributed by atoms with E-state index in [1.807, 2.05) is 31.1 Å². The van der Waals surface area contributed by atoms with E-state index in [1.165, 1.54) is 14.2 Å².